The standard InChI is InChI=1S/C23H19F7N6O3S/c1-12-2-4-18(36(12)40(38,39)15-3-5-19(24)32-10-15)20(37)33-7-13-6-17(31-11-16(13)22(25,26)27)14-8-34-21(35-9-14)23(28,29)30/h3,5-6,8-12,18H,2,4,7H2,1H3,(H,33,37)/t12-,18-/m0/s1. The minimum atomic E-state index is -4.89. The van der Waals surface area contributed by atoms with Crippen molar-refractivity contribution in [3.63, 3.8) is 0 Å². The molecule has 0 aromatic carbocycles. The van der Waals surface area contributed by atoms with Gasteiger partial charge in [0.15, 0.2) is 0 Å². The second kappa shape index (κ2) is 10.7. The van der Waals surface area contributed by atoms with Crippen molar-refractivity contribution >= 4 is 15.9 Å². The molecule has 0 saturated carbocycles. The summed E-state index contributed by atoms with van der Waals surface area (Å²) in [6.45, 7) is 0.840. The number of sulfonamides is 1. The molecule has 17 heteroatoms. The Kier molecular flexibility index (Phi) is 7.81. The molecule has 1 N–H and O–H groups in total. The summed E-state index contributed by atoms with van der Waals surface area (Å²) in [6.07, 6.45) is -6.62. The summed E-state index contributed by atoms with van der Waals surface area (Å²) in [5, 5.41) is 2.32. The van der Waals surface area contributed by atoms with E-state index in [0.717, 1.165) is 41.1 Å². The maximum absolute atomic E-state index is 13.7. The number of pyridine rings is 2. The molecule has 0 radical (unpaired) electrons. The Balaban J connectivity index is 1.59. The molecule has 0 aliphatic carbocycles. The maximum Gasteiger partial charge on any atom is 0.451 e. The second-order valence-electron chi connectivity index (χ2n) is 8.83. The predicted molar refractivity (Wildman–Crippen MR) is 123 cm³/mol. The van der Waals surface area contributed by atoms with Gasteiger partial charge in [-0.2, -0.15) is 35.0 Å². The van der Waals surface area contributed by atoms with Crippen LogP contribution in [0.2, 0.25) is 0 Å². The zero-order valence-electron chi connectivity index (χ0n) is 20.3. The van der Waals surface area contributed by atoms with Gasteiger partial charge in [-0.1, -0.05) is 0 Å². The van der Waals surface area contributed by atoms with Crippen LogP contribution in [0.4, 0.5) is 30.7 Å². The lowest BCUT2D eigenvalue weighted by Crippen LogP contribution is -2.48. The van der Waals surface area contributed by atoms with Crippen LogP contribution in [0.15, 0.2) is 47.9 Å². The van der Waals surface area contributed by atoms with Gasteiger partial charge in [-0.05, 0) is 43.5 Å². The van der Waals surface area contributed by atoms with Gasteiger partial charge in [0.25, 0.3) is 0 Å². The van der Waals surface area contributed by atoms with E-state index in [1.807, 2.05) is 0 Å². The Morgan fingerprint density at radius 1 is 0.975 bits per heavy atom. The third-order valence-corrected chi connectivity index (χ3v) is 8.13. The van der Waals surface area contributed by atoms with Crippen LogP contribution in [0.5, 0.6) is 0 Å². The van der Waals surface area contributed by atoms with E-state index >= 15 is 0 Å². The number of alkyl halides is 6. The van der Waals surface area contributed by atoms with Crippen LogP contribution in [-0.4, -0.2) is 50.6 Å². The number of nitrogens with one attached hydrogen (secondary N) is 1. The fourth-order valence-corrected chi connectivity index (χ4v) is 6.00. The first kappa shape index (κ1) is 29.3. The Labute approximate surface area is 222 Å². The van der Waals surface area contributed by atoms with Crippen molar-refractivity contribution in [1.29, 1.82) is 0 Å². The van der Waals surface area contributed by atoms with Gasteiger partial charge in [-0.15, -0.1) is 0 Å². The van der Waals surface area contributed by atoms with E-state index in [2.05, 4.69) is 25.3 Å². The number of halogens is 7. The van der Waals surface area contributed by atoms with Crippen molar-refractivity contribution < 1.29 is 43.9 Å². The van der Waals surface area contributed by atoms with Crippen LogP contribution < -0.4 is 5.32 Å². The zero-order chi connectivity index (χ0) is 29.5. The molecule has 3 aromatic heterocycles. The number of aromatic nitrogens is 4. The summed E-state index contributed by atoms with van der Waals surface area (Å²) in [5.74, 6) is -3.24. The largest absolute Gasteiger partial charge is 0.451 e. The van der Waals surface area contributed by atoms with E-state index in [0.29, 0.717) is 6.20 Å². The minimum Gasteiger partial charge on any atom is -0.351 e. The van der Waals surface area contributed by atoms with Crippen molar-refractivity contribution in [3.05, 3.63) is 65.9 Å². The molecule has 1 saturated heterocycles. The number of carbonyl (C=O) groups is 1. The number of hydrogen-bond acceptors (Lipinski definition) is 7. The molecule has 214 valence electrons. The number of amides is 1. The van der Waals surface area contributed by atoms with Crippen molar-refractivity contribution in [2.24, 2.45) is 0 Å². The van der Waals surface area contributed by atoms with Crippen molar-refractivity contribution in [3.8, 4) is 11.3 Å². The van der Waals surface area contributed by atoms with Gasteiger partial charge in [0.05, 0.1) is 17.5 Å². The molecule has 40 heavy (non-hydrogen) atoms. The van der Waals surface area contributed by atoms with E-state index in [1.165, 1.54) is 0 Å². The fraction of sp³-hybridized carbons (Fsp3) is 0.348. The molecule has 1 aliphatic rings. The van der Waals surface area contributed by atoms with Crippen molar-refractivity contribution in [2.75, 3.05) is 0 Å². The molecule has 0 bridgehead atoms. The van der Waals surface area contributed by atoms with Gasteiger partial charge in [0, 0.05) is 36.7 Å². The number of hydrogen-bond donors (Lipinski definition) is 1. The van der Waals surface area contributed by atoms with E-state index in [4.69, 9.17) is 0 Å². The number of carbonyl (C=O) groups excluding carboxylic acids is 1. The zero-order valence-corrected chi connectivity index (χ0v) is 21.1. The van der Waals surface area contributed by atoms with Crippen LogP contribution in [0, 0.1) is 5.95 Å². The monoisotopic (exact) mass is 592 g/mol. The third kappa shape index (κ3) is 6.04. The molecule has 1 amide bonds. The predicted octanol–water partition coefficient (Wildman–Crippen LogP) is 3.97. The van der Waals surface area contributed by atoms with Gasteiger partial charge in [0.2, 0.25) is 27.7 Å². The van der Waals surface area contributed by atoms with Crippen LogP contribution in [0.25, 0.3) is 11.3 Å². The first-order chi connectivity index (χ1) is 18.6. The molecule has 1 fully saturated rings. The van der Waals surface area contributed by atoms with Crippen LogP contribution >= 0.6 is 0 Å². The summed E-state index contributed by atoms with van der Waals surface area (Å²) in [5.41, 5.74) is -1.99. The summed E-state index contributed by atoms with van der Waals surface area (Å²) in [4.78, 5) is 26.0. The van der Waals surface area contributed by atoms with Gasteiger partial charge in [0.1, 0.15) is 10.9 Å². The van der Waals surface area contributed by atoms with E-state index in [9.17, 15) is 43.9 Å². The van der Waals surface area contributed by atoms with Gasteiger partial charge in [-0.3, -0.25) is 9.78 Å². The molecule has 4 heterocycles. The molecular formula is C23H19F7N6O3S. The lowest BCUT2D eigenvalue weighted by atomic mass is 10.1. The summed E-state index contributed by atoms with van der Waals surface area (Å²) >= 11 is 0. The Hall–Kier alpha value is -3.73. The maximum atomic E-state index is 13.7. The van der Waals surface area contributed by atoms with Crippen LogP contribution in [0.1, 0.15) is 36.7 Å². The van der Waals surface area contributed by atoms with E-state index in [-0.39, 0.29) is 29.0 Å². The highest BCUT2D eigenvalue weighted by molar-refractivity contribution is 7.89. The highest BCUT2D eigenvalue weighted by Gasteiger charge is 2.44. The average Bonchev–Trinajstić information content (AvgIpc) is 3.28. The Bertz CT molecular complexity index is 1500. The van der Waals surface area contributed by atoms with E-state index < -0.39 is 69.8 Å². The molecule has 4 rings (SSSR count). The first-order valence-corrected chi connectivity index (χ1v) is 12.9. The minimum absolute atomic E-state index is 0.0669. The summed E-state index contributed by atoms with van der Waals surface area (Å²) < 4.78 is 120. The molecule has 1 aliphatic heterocycles. The van der Waals surface area contributed by atoms with Crippen molar-refractivity contribution in [1.82, 2.24) is 29.6 Å². The SMILES string of the molecule is C[C@H]1CC[C@@H](C(=O)NCc2cc(-c3cnc(C(F)(F)F)nc3)ncc2C(F)(F)F)N1S(=O)(=O)c1ccc(F)nc1. The molecular weight excluding hydrogens is 573 g/mol. The summed E-state index contributed by atoms with van der Waals surface area (Å²) in [7, 11) is -4.31. The van der Waals surface area contributed by atoms with Crippen LogP contribution in [0.3, 0.4) is 0 Å². The smallest absolute Gasteiger partial charge is 0.351 e. The molecule has 0 spiro atoms. The quantitative estimate of drug-likeness (QED) is 0.340. The Morgan fingerprint density at radius 3 is 2.23 bits per heavy atom. The van der Waals surface area contributed by atoms with Gasteiger partial charge >= 0.3 is 12.4 Å². The Morgan fingerprint density at radius 2 is 1.65 bits per heavy atom. The normalized spacial score (nSPS) is 18.6. The number of nitrogens with zero attached hydrogens (tertiary/aromatic N) is 5. The van der Waals surface area contributed by atoms with Crippen molar-refractivity contribution in [2.45, 2.75) is 55.6 Å². The molecule has 9 nitrogen and oxygen atoms in total. The van der Waals surface area contributed by atoms with E-state index in [1.54, 1.807) is 6.92 Å². The summed E-state index contributed by atoms with van der Waals surface area (Å²) in [6, 6.07) is 0.819. The lowest BCUT2D eigenvalue weighted by molar-refractivity contribution is -0.145. The topological polar surface area (TPSA) is 118 Å². The highest BCUT2D eigenvalue weighted by atomic mass is 32.2. The number of rotatable bonds is 6. The first-order valence-electron chi connectivity index (χ1n) is 11.5. The van der Waals surface area contributed by atoms with Crippen LogP contribution in [-0.2, 0) is 33.7 Å². The third-order valence-electron chi connectivity index (χ3n) is 6.13. The lowest BCUT2D eigenvalue weighted by Gasteiger charge is -2.27. The van der Waals surface area contributed by atoms with Gasteiger partial charge < -0.3 is 5.32 Å². The molecule has 2 atom stereocenters. The fourth-order valence-electron chi connectivity index (χ4n) is 4.21. The molecule has 0 unspecified atom stereocenters. The van der Waals surface area contributed by atoms with Gasteiger partial charge in [-0.25, -0.2) is 23.4 Å². The highest BCUT2D eigenvalue weighted by Crippen LogP contribution is 2.34. The second-order valence-corrected chi connectivity index (χ2v) is 10.7. The molecule has 3 aromatic rings. The average molecular weight is 592 g/mol.